The van der Waals surface area contributed by atoms with E-state index in [1.165, 1.54) is 23.4 Å². The lowest BCUT2D eigenvalue weighted by atomic mass is 10.0. The summed E-state index contributed by atoms with van der Waals surface area (Å²) in [5.41, 5.74) is 7.57. The summed E-state index contributed by atoms with van der Waals surface area (Å²) >= 11 is 2.28. The third-order valence-corrected chi connectivity index (χ3v) is 5.97. The molecule has 18 heteroatoms. The number of aliphatic carboxylic acids is 1. The van der Waals surface area contributed by atoms with Crippen molar-refractivity contribution in [3.05, 3.63) is 22.3 Å². The summed E-state index contributed by atoms with van der Waals surface area (Å²) in [6.07, 6.45) is 2.34. The summed E-state index contributed by atoms with van der Waals surface area (Å²) in [7, 11) is 0. The number of nitrogens with one attached hydrogen (secondary N) is 2. The molecule has 0 spiro atoms. The molecule has 1 fully saturated rings. The van der Waals surface area contributed by atoms with Crippen LogP contribution in [0.15, 0.2) is 32.0 Å². The molecule has 0 bridgehead atoms. The first kappa shape index (κ1) is 27.0. The minimum absolute atomic E-state index is 0. The first-order valence-corrected chi connectivity index (χ1v) is 9.97. The lowest BCUT2D eigenvalue weighted by molar-refractivity contribution is -0.150. The number of thioether (sulfide) groups is 1. The van der Waals surface area contributed by atoms with Crippen LogP contribution in [0.4, 0.5) is 5.13 Å². The third-order valence-electron chi connectivity index (χ3n) is 3.99. The minimum atomic E-state index is -1.32. The fourth-order valence-electron chi connectivity index (χ4n) is 2.74. The number of anilines is 1. The van der Waals surface area contributed by atoms with Crippen molar-refractivity contribution in [3.63, 3.8) is 0 Å². The fourth-order valence-corrected chi connectivity index (χ4v) is 4.59. The van der Waals surface area contributed by atoms with Gasteiger partial charge in [-0.15, -0.1) is 47.9 Å². The second-order valence-corrected chi connectivity index (χ2v) is 7.72. The molecule has 174 valence electrons. The number of hydrogen-bond acceptors (Lipinski definition) is 12. The molecule has 2 aliphatic heterocycles. The van der Waals surface area contributed by atoms with Gasteiger partial charge in [-0.3, -0.25) is 19.9 Å². The molecule has 1 aromatic rings. The number of fused-ring (bicyclic) bond motifs is 1. The molecular weight excluding hydrogens is 509 g/mol. The highest BCUT2D eigenvalue weighted by Crippen LogP contribution is 2.39. The maximum Gasteiger partial charge on any atom is 0.353 e. The molecule has 0 aliphatic carbocycles. The van der Waals surface area contributed by atoms with E-state index in [9.17, 15) is 19.5 Å². The van der Waals surface area contributed by atoms with Crippen LogP contribution >= 0.6 is 47.9 Å². The van der Waals surface area contributed by atoms with E-state index in [0.29, 0.717) is 0 Å². The molecule has 14 nitrogen and oxygen atoms in total. The van der Waals surface area contributed by atoms with Gasteiger partial charge in [0.05, 0.1) is 6.21 Å². The Morgan fingerprint density at radius 3 is 2.66 bits per heavy atom. The molecule has 3 heterocycles. The van der Waals surface area contributed by atoms with E-state index in [1.54, 1.807) is 0 Å². The number of amides is 2. The molecule has 0 aromatic carbocycles. The highest BCUT2D eigenvalue weighted by molar-refractivity contribution is 8.00. The van der Waals surface area contributed by atoms with Crippen molar-refractivity contribution >= 4 is 89.1 Å². The topological polar surface area (TPSA) is 221 Å². The van der Waals surface area contributed by atoms with E-state index in [4.69, 9.17) is 16.8 Å². The second kappa shape index (κ2) is 11.5. The molecule has 0 saturated carbocycles. The largest absolute Gasteiger partial charge is 0.477 e. The summed E-state index contributed by atoms with van der Waals surface area (Å²) < 4.78 is 0. The number of carboxylic acids is 1. The van der Waals surface area contributed by atoms with Crippen molar-refractivity contribution in [2.24, 2.45) is 21.2 Å². The van der Waals surface area contributed by atoms with Crippen LogP contribution in [0.2, 0.25) is 0 Å². The first-order chi connectivity index (χ1) is 14.4. The number of oxime groups is 1. The zero-order valence-corrected chi connectivity index (χ0v) is 19.0. The van der Waals surface area contributed by atoms with Crippen molar-refractivity contribution in [3.8, 4) is 0 Å². The molecular formula is C14H17Cl2N9O5S2. The van der Waals surface area contributed by atoms with Crippen LogP contribution in [0.3, 0.4) is 0 Å². The zero-order chi connectivity index (χ0) is 21.8. The van der Waals surface area contributed by atoms with E-state index in [1.807, 2.05) is 0 Å². The number of carbonyl (C=O) groups excluding carboxylic acids is 2. The first-order valence-electron chi connectivity index (χ1n) is 8.04. The monoisotopic (exact) mass is 525 g/mol. The third kappa shape index (κ3) is 5.21. The number of hydrazone groups is 2. The molecule has 1 aromatic heterocycles. The van der Waals surface area contributed by atoms with E-state index in [2.05, 4.69) is 31.1 Å². The molecule has 8 N–H and O–H groups in total. The minimum Gasteiger partial charge on any atom is -0.477 e. The zero-order valence-electron chi connectivity index (χ0n) is 15.7. The van der Waals surface area contributed by atoms with Gasteiger partial charge in [0.15, 0.2) is 10.8 Å². The molecule has 0 radical (unpaired) electrons. The quantitative estimate of drug-likeness (QED) is 0.0633. The predicted octanol–water partition coefficient (Wildman–Crippen LogP) is -1.04. The summed E-state index contributed by atoms with van der Waals surface area (Å²) in [5, 5.41) is 32.0. The average Bonchev–Trinajstić information content (AvgIpc) is 3.15. The van der Waals surface area contributed by atoms with Crippen molar-refractivity contribution < 1.29 is 24.7 Å². The summed E-state index contributed by atoms with van der Waals surface area (Å²) in [4.78, 5) is 41.7. The van der Waals surface area contributed by atoms with Gasteiger partial charge in [0, 0.05) is 16.7 Å². The van der Waals surface area contributed by atoms with Crippen LogP contribution in [-0.2, 0) is 14.4 Å². The molecule has 1 unspecified atom stereocenters. The Hall–Kier alpha value is -3.08. The lowest BCUT2D eigenvalue weighted by Gasteiger charge is -2.49. The van der Waals surface area contributed by atoms with Gasteiger partial charge in [0.25, 0.3) is 11.8 Å². The lowest BCUT2D eigenvalue weighted by Crippen LogP contribution is -2.71. The maximum absolute atomic E-state index is 12.6. The number of halogens is 2. The molecule has 2 aliphatic rings. The SMILES string of the molecule is Cl.Cl.NN=CNN=CC1=C(C(=O)O)N2C(=O)C(NC(=O)/C(=N\O)c3csc(N)n3)[C@H]2SC1. The van der Waals surface area contributed by atoms with Crippen LogP contribution in [0.5, 0.6) is 0 Å². The highest BCUT2D eigenvalue weighted by Gasteiger charge is 2.54. The Morgan fingerprint density at radius 1 is 1.38 bits per heavy atom. The van der Waals surface area contributed by atoms with E-state index in [-0.39, 0.29) is 52.7 Å². The van der Waals surface area contributed by atoms with Crippen LogP contribution in [0.1, 0.15) is 5.69 Å². The number of carbonyl (C=O) groups is 3. The van der Waals surface area contributed by atoms with E-state index >= 15 is 0 Å². The smallest absolute Gasteiger partial charge is 0.353 e. The van der Waals surface area contributed by atoms with Gasteiger partial charge in [-0.05, 0) is 0 Å². The molecule has 1 saturated heterocycles. The molecule has 3 rings (SSSR count). The van der Waals surface area contributed by atoms with Crippen LogP contribution in [0.25, 0.3) is 0 Å². The Balaban J connectivity index is 0.00000256. The van der Waals surface area contributed by atoms with E-state index < -0.39 is 34.9 Å². The second-order valence-electron chi connectivity index (χ2n) is 5.72. The molecule has 2 amide bonds. The van der Waals surface area contributed by atoms with E-state index in [0.717, 1.165) is 22.6 Å². The predicted molar refractivity (Wildman–Crippen MR) is 123 cm³/mol. The van der Waals surface area contributed by atoms with Gasteiger partial charge >= 0.3 is 5.97 Å². The number of aromatic nitrogens is 1. The Bertz CT molecular complexity index is 1010. The number of nitrogens with two attached hydrogens (primary N) is 2. The number of hydrogen-bond donors (Lipinski definition) is 6. The Kier molecular flexibility index (Phi) is 9.70. The number of nitrogen functional groups attached to an aromatic ring is 1. The van der Waals surface area contributed by atoms with Gasteiger partial charge in [0.1, 0.15) is 29.1 Å². The Labute approximate surface area is 200 Å². The van der Waals surface area contributed by atoms with Crippen molar-refractivity contribution in [2.45, 2.75) is 11.4 Å². The summed E-state index contributed by atoms with van der Waals surface area (Å²) in [6, 6.07) is -1.01. The van der Waals surface area contributed by atoms with Gasteiger partial charge < -0.3 is 27.2 Å². The Morgan fingerprint density at radius 2 is 2.09 bits per heavy atom. The van der Waals surface area contributed by atoms with Gasteiger partial charge in [-0.1, -0.05) is 5.16 Å². The van der Waals surface area contributed by atoms with Crippen molar-refractivity contribution in [1.82, 2.24) is 20.6 Å². The van der Waals surface area contributed by atoms with Gasteiger partial charge in [-0.2, -0.15) is 10.2 Å². The molecule has 2 atom stereocenters. The maximum atomic E-state index is 12.6. The van der Waals surface area contributed by atoms with Gasteiger partial charge in [-0.25, -0.2) is 9.78 Å². The van der Waals surface area contributed by atoms with Gasteiger partial charge in [0.2, 0.25) is 0 Å². The average molecular weight is 526 g/mol. The van der Waals surface area contributed by atoms with Crippen molar-refractivity contribution in [2.75, 3.05) is 11.5 Å². The van der Waals surface area contributed by atoms with Crippen molar-refractivity contribution in [1.29, 1.82) is 0 Å². The number of carboxylic acid groups (broad SMARTS) is 1. The van der Waals surface area contributed by atoms with Crippen LogP contribution < -0.4 is 22.3 Å². The molecule has 32 heavy (non-hydrogen) atoms. The number of rotatable bonds is 7. The standard InChI is InChI=1S/C14H15N9O5S2.2ClH/c15-14-20-6(3-30-14)7(22-28)10(24)21-8-11(25)23-9(13(26)27)5(2-29-12(8)23)1-18-19-4-17-16;;/h1,3-4,8,12,28H,2,16H2,(H2,15,20)(H,17,19)(H,21,24)(H,26,27);2*1H/b18-1?,22-7-;;/t8?,12-;;/m1../s1. The number of thiazole rings is 1. The summed E-state index contributed by atoms with van der Waals surface area (Å²) in [5.74, 6) is 2.34. The normalized spacial score (nSPS) is 20.3. The fraction of sp³-hybridized carbons (Fsp3) is 0.214. The van der Waals surface area contributed by atoms with Crippen LogP contribution in [0, 0.1) is 0 Å². The highest BCUT2D eigenvalue weighted by atomic mass is 35.5. The summed E-state index contributed by atoms with van der Waals surface area (Å²) in [6.45, 7) is 0. The number of nitrogens with zero attached hydrogens (tertiary/aromatic N) is 5. The van der Waals surface area contributed by atoms with Crippen LogP contribution in [-0.4, -0.2) is 73.4 Å². The number of β-lactam (4-membered cyclic amide) rings is 1.